The number of hydrogen-bond acceptors (Lipinski definition) is 3. The Balaban J connectivity index is 0.00000200. The van der Waals surface area contributed by atoms with Crippen LogP contribution in [-0.4, -0.2) is 25.7 Å². The zero-order chi connectivity index (χ0) is 13.9. The van der Waals surface area contributed by atoms with Crippen molar-refractivity contribution in [1.29, 1.82) is 0 Å². The molecular formula is C14H20ClFN2O2. The first kappa shape index (κ1) is 16.9. The van der Waals surface area contributed by atoms with Crippen molar-refractivity contribution in [3.8, 4) is 0 Å². The van der Waals surface area contributed by atoms with Crippen LogP contribution in [0.4, 0.5) is 10.1 Å². The Morgan fingerprint density at radius 1 is 1.45 bits per heavy atom. The van der Waals surface area contributed by atoms with Crippen LogP contribution >= 0.6 is 12.4 Å². The molecule has 6 heteroatoms. The molecule has 0 radical (unpaired) electrons. The maximum atomic E-state index is 13.2. The number of carbonyl (C=O) groups excluding carboxylic acids is 1. The summed E-state index contributed by atoms with van der Waals surface area (Å²) in [5, 5.41) is 2.80. The minimum Gasteiger partial charge on any atom is -0.381 e. The number of rotatable bonds is 3. The number of anilines is 1. The van der Waals surface area contributed by atoms with Crippen molar-refractivity contribution in [2.45, 2.75) is 19.8 Å². The highest BCUT2D eigenvalue weighted by atomic mass is 35.5. The Morgan fingerprint density at radius 2 is 2.10 bits per heavy atom. The van der Waals surface area contributed by atoms with E-state index in [2.05, 4.69) is 5.32 Å². The van der Waals surface area contributed by atoms with Gasteiger partial charge in [0.05, 0.1) is 5.41 Å². The van der Waals surface area contributed by atoms with Crippen molar-refractivity contribution in [3.63, 3.8) is 0 Å². The molecule has 0 unspecified atom stereocenters. The van der Waals surface area contributed by atoms with Crippen LogP contribution in [0.25, 0.3) is 0 Å². The van der Waals surface area contributed by atoms with E-state index < -0.39 is 5.41 Å². The van der Waals surface area contributed by atoms with Gasteiger partial charge in [-0.15, -0.1) is 12.4 Å². The maximum absolute atomic E-state index is 13.2. The lowest BCUT2D eigenvalue weighted by molar-refractivity contribution is -0.130. The molecule has 0 spiro atoms. The molecular weight excluding hydrogens is 283 g/mol. The van der Waals surface area contributed by atoms with E-state index in [1.165, 1.54) is 12.1 Å². The summed E-state index contributed by atoms with van der Waals surface area (Å²) < 4.78 is 18.5. The maximum Gasteiger partial charge on any atom is 0.232 e. The van der Waals surface area contributed by atoms with Crippen LogP contribution in [-0.2, 0) is 9.53 Å². The molecule has 1 fully saturated rings. The lowest BCUT2D eigenvalue weighted by atomic mass is 9.79. The van der Waals surface area contributed by atoms with Crippen LogP contribution in [0.2, 0.25) is 0 Å². The smallest absolute Gasteiger partial charge is 0.232 e. The third-order valence-electron chi connectivity index (χ3n) is 3.77. The van der Waals surface area contributed by atoms with Crippen LogP contribution in [0.3, 0.4) is 0 Å². The molecule has 1 heterocycles. The standard InChI is InChI=1S/C14H19FN2O2.ClH/c1-10-2-3-11(15)8-12(10)17-13(18)14(9-16)4-6-19-7-5-14;/h2-3,8H,4-7,9,16H2,1H3,(H,17,18);1H. The number of nitrogens with one attached hydrogen (secondary N) is 1. The largest absolute Gasteiger partial charge is 0.381 e. The highest BCUT2D eigenvalue weighted by molar-refractivity contribution is 5.96. The first-order valence-corrected chi connectivity index (χ1v) is 6.43. The van der Waals surface area contributed by atoms with E-state index >= 15 is 0 Å². The lowest BCUT2D eigenvalue weighted by Crippen LogP contribution is -2.46. The zero-order valence-electron chi connectivity index (χ0n) is 11.4. The molecule has 112 valence electrons. The van der Waals surface area contributed by atoms with Gasteiger partial charge in [-0.2, -0.15) is 0 Å². The summed E-state index contributed by atoms with van der Waals surface area (Å²) in [4.78, 5) is 12.4. The molecule has 0 aromatic heterocycles. The van der Waals surface area contributed by atoms with E-state index in [-0.39, 0.29) is 30.7 Å². The summed E-state index contributed by atoms with van der Waals surface area (Å²) in [6, 6.07) is 4.35. The van der Waals surface area contributed by atoms with Gasteiger partial charge < -0.3 is 15.8 Å². The summed E-state index contributed by atoms with van der Waals surface area (Å²) in [6.07, 6.45) is 1.20. The Labute approximate surface area is 124 Å². The molecule has 20 heavy (non-hydrogen) atoms. The number of ether oxygens (including phenoxy) is 1. The van der Waals surface area contributed by atoms with Crippen molar-refractivity contribution < 1.29 is 13.9 Å². The molecule has 1 aliphatic heterocycles. The van der Waals surface area contributed by atoms with Gasteiger partial charge in [-0.25, -0.2) is 4.39 Å². The van der Waals surface area contributed by atoms with Crippen LogP contribution < -0.4 is 11.1 Å². The third-order valence-corrected chi connectivity index (χ3v) is 3.77. The van der Waals surface area contributed by atoms with Gasteiger partial charge in [0.25, 0.3) is 0 Å². The minimum absolute atomic E-state index is 0. The predicted octanol–water partition coefficient (Wildman–Crippen LogP) is 2.25. The van der Waals surface area contributed by atoms with E-state index in [1.54, 1.807) is 6.07 Å². The van der Waals surface area contributed by atoms with Gasteiger partial charge in [0.1, 0.15) is 5.82 Å². The normalized spacial score (nSPS) is 17.1. The second-order valence-corrected chi connectivity index (χ2v) is 5.01. The summed E-state index contributed by atoms with van der Waals surface area (Å²) in [5.74, 6) is -0.512. The molecule has 3 N–H and O–H groups in total. The fraction of sp³-hybridized carbons (Fsp3) is 0.500. The van der Waals surface area contributed by atoms with Crippen molar-refractivity contribution >= 4 is 24.0 Å². The van der Waals surface area contributed by atoms with Gasteiger partial charge >= 0.3 is 0 Å². The second-order valence-electron chi connectivity index (χ2n) is 5.01. The van der Waals surface area contributed by atoms with E-state index in [9.17, 15) is 9.18 Å². The third kappa shape index (κ3) is 3.48. The predicted molar refractivity (Wildman–Crippen MR) is 78.6 cm³/mol. The summed E-state index contributed by atoms with van der Waals surface area (Å²) in [7, 11) is 0. The Kier molecular flexibility index (Phi) is 5.92. The summed E-state index contributed by atoms with van der Waals surface area (Å²) in [5.41, 5.74) is 6.50. The zero-order valence-corrected chi connectivity index (χ0v) is 12.3. The highest BCUT2D eigenvalue weighted by Gasteiger charge is 2.38. The van der Waals surface area contributed by atoms with Crippen LogP contribution in [0.5, 0.6) is 0 Å². The minimum atomic E-state index is -0.600. The number of nitrogens with two attached hydrogens (primary N) is 1. The Bertz CT molecular complexity index is 476. The quantitative estimate of drug-likeness (QED) is 0.900. The van der Waals surface area contributed by atoms with Crippen LogP contribution in [0, 0.1) is 18.2 Å². The lowest BCUT2D eigenvalue weighted by Gasteiger charge is -2.34. The van der Waals surface area contributed by atoms with Crippen molar-refractivity contribution in [3.05, 3.63) is 29.6 Å². The molecule has 1 aliphatic rings. The molecule has 1 saturated heterocycles. The summed E-state index contributed by atoms with van der Waals surface area (Å²) in [6.45, 7) is 3.17. The number of halogens is 2. The Hall–Kier alpha value is -1.17. The number of benzene rings is 1. The number of amides is 1. The average Bonchev–Trinajstić information content (AvgIpc) is 2.43. The van der Waals surface area contributed by atoms with Gasteiger partial charge in [0.2, 0.25) is 5.91 Å². The van der Waals surface area contributed by atoms with Gasteiger partial charge in [0.15, 0.2) is 0 Å². The molecule has 0 aliphatic carbocycles. The topological polar surface area (TPSA) is 64.4 Å². The van der Waals surface area contributed by atoms with Gasteiger partial charge in [-0.3, -0.25) is 4.79 Å². The molecule has 4 nitrogen and oxygen atoms in total. The molecule has 2 rings (SSSR count). The van der Waals surface area contributed by atoms with Gasteiger partial charge in [-0.1, -0.05) is 6.07 Å². The van der Waals surface area contributed by atoms with E-state index in [4.69, 9.17) is 10.5 Å². The molecule has 0 saturated carbocycles. The van der Waals surface area contributed by atoms with Crippen molar-refractivity contribution in [1.82, 2.24) is 0 Å². The monoisotopic (exact) mass is 302 g/mol. The first-order chi connectivity index (χ1) is 9.07. The van der Waals surface area contributed by atoms with E-state index in [0.717, 1.165) is 5.56 Å². The second kappa shape index (κ2) is 7.02. The fourth-order valence-corrected chi connectivity index (χ4v) is 2.27. The molecule has 1 aromatic rings. The number of aryl methyl sites for hydroxylation is 1. The SMILES string of the molecule is Cc1ccc(F)cc1NC(=O)C1(CN)CCOCC1.Cl. The first-order valence-electron chi connectivity index (χ1n) is 6.43. The number of hydrogen-bond donors (Lipinski definition) is 2. The van der Waals surface area contributed by atoms with Crippen molar-refractivity contribution in [2.75, 3.05) is 25.1 Å². The van der Waals surface area contributed by atoms with Gasteiger partial charge in [-0.05, 0) is 37.5 Å². The summed E-state index contributed by atoms with van der Waals surface area (Å²) >= 11 is 0. The van der Waals surface area contributed by atoms with Crippen LogP contribution in [0.15, 0.2) is 18.2 Å². The molecule has 1 aromatic carbocycles. The van der Waals surface area contributed by atoms with Gasteiger partial charge in [0, 0.05) is 25.4 Å². The molecule has 0 bridgehead atoms. The van der Waals surface area contributed by atoms with E-state index in [0.29, 0.717) is 31.7 Å². The van der Waals surface area contributed by atoms with Crippen LogP contribution in [0.1, 0.15) is 18.4 Å². The highest BCUT2D eigenvalue weighted by Crippen LogP contribution is 2.31. The Morgan fingerprint density at radius 3 is 2.70 bits per heavy atom. The fourth-order valence-electron chi connectivity index (χ4n) is 2.27. The number of carbonyl (C=O) groups is 1. The molecule has 1 amide bonds. The van der Waals surface area contributed by atoms with E-state index in [1.807, 2.05) is 6.92 Å². The molecule has 0 atom stereocenters. The average molecular weight is 303 g/mol. The van der Waals surface area contributed by atoms with Crippen molar-refractivity contribution in [2.24, 2.45) is 11.1 Å².